The molecule has 0 fully saturated rings. The Morgan fingerprint density at radius 3 is 1.23 bits per heavy atom. The van der Waals surface area contributed by atoms with E-state index in [2.05, 4.69) is 52.5 Å². The van der Waals surface area contributed by atoms with Crippen LogP contribution >= 0.6 is 0 Å². The molecule has 8 bridgehead atoms. The van der Waals surface area contributed by atoms with Crippen LogP contribution < -0.4 is 0 Å². The summed E-state index contributed by atoms with van der Waals surface area (Å²) in [5.74, 6) is 0. The lowest BCUT2D eigenvalue weighted by Crippen LogP contribution is -2.04. The summed E-state index contributed by atoms with van der Waals surface area (Å²) in [4.78, 5) is 31.4. The van der Waals surface area contributed by atoms with Crippen molar-refractivity contribution in [1.29, 1.82) is 0 Å². The molecule has 6 heterocycles. The van der Waals surface area contributed by atoms with Crippen LogP contribution in [-0.2, 0) is 0 Å². The van der Waals surface area contributed by atoms with Gasteiger partial charge in [0.2, 0.25) is 0 Å². The molecule has 8 nitrogen and oxygen atoms in total. The molecule has 0 radical (unpaired) electrons. The zero-order chi connectivity index (χ0) is 37.6. The van der Waals surface area contributed by atoms with Gasteiger partial charge in [0.1, 0.15) is 5.69 Å². The van der Waals surface area contributed by atoms with Crippen molar-refractivity contribution in [3.63, 3.8) is 0 Å². The van der Waals surface area contributed by atoms with Gasteiger partial charge in [0, 0.05) is 56.7 Å². The van der Waals surface area contributed by atoms with Crippen LogP contribution in [0.25, 0.3) is 90.1 Å². The average molecular weight is 725 g/mol. The predicted molar refractivity (Wildman–Crippen MR) is 225 cm³/mol. The first-order valence-corrected chi connectivity index (χ1v) is 18.3. The zero-order valence-corrected chi connectivity index (χ0v) is 29.9. The Morgan fingerprint density at radius 2 is 0.821 bits per heavy atom. The first kappa shape index (κ1) is 32.8. The van der Waals surface area contributed by atoms with E-state index in [1.54, 1.807) is 4.57 Å². The highest BCUT2D eigenvalue weighted by Gasteiger charge is 2.36. The molecule has 8 heteroatoms. The van der Waals surface area contributed by atoms with Crippen LogP contribution in [0.1, 0.15) is 22.8 Å². The van der Waals surface area contributed by atoms with Gasteiger partial charge in [0.25, 0.3) is 0 Å². The van der Waals surface area contributed by atoms with Gasteiger partial charge in [0.05, 0.1) is 16.3 Å². The van der Waals surface area contributed by atoms with Gasteiger partial charge >= 0.3 is 5.70 Å². The molecular formula is C48H32N6O2. The summed E-state index contributed by atoms with van der Waals surface area (Å²) in [6.45, 7) is 0. The number of benzene rings is 4. The van der Waals surface area contributed by atoms with Crippen molar-refractivity contribution < 1.29 is 4.92 Å². The van der Waals surface area contributed by atoms with E-state index in [1.807, 2.05) is 140 Å². The molecule has 0 amide bonds. The average Bonchev–Trinajstić information content (AvgIpc) is 4.10. The Bertz CT molecular complexity index is 3020. The summed E-state index contributed by atoms with van der Waals surface area (Å²) in [6.07, 6.45) is 7.80. The maximum absolute atomic E-state index is 13.6. The first-order chi connectivity index (χ1) is 27.6. The maximum Gasteiger partial charge on any atom is 0.321 e. The minimum atomic E-state index is -0.303. The highest BCUT2D eigenvalue weighted by molar-refractivity contribution is 6.04. The lowest BCUT2D eigenvalue weighted by Gasteiger charge is -2.09. The summed E-state index contributed by atoms with van der Waals surface area (Å²) in [6, 6.07) is 51.9. The molecule has 0 unspecified atom stereocenters. The number of H-pyrrole nitrogens is 2. The summed E-state index contributed by atoms with van der Waals surface area (Å²) < 4.78 is 1.80. The molecule has 8 aromatic rings. The number of nitrogens with one attached hydrogen (secondary N) is 2. The third kappa shape index (κ3) is 5.56. The molecule has 0 spiro atoms. The van der Waals surface area contributed by atoms with Gasteiger partial charge in [-0.25, -0.2) is 9.97 Å². The van der Waals surface area contributed by atoms with Crippen LogP contribution in [0.15, 0.2) is 170 Å². The fourth-order valence-electron chi connectivity index (χ4n) is 7.85. The summed E-state index contributed by atoms with van der Waals surface area (Å²) in [5, 5.41) is 13.6. The van der Waals surface area contributed by atoms with E-state index in [9.17, 15) is 10.1 Å². The number of nitro groups is 1. The first-order valence-electron chi connectivity index (χ1n) is 18.3. The van der Waals surface area contributed by atoms with Crippen molar-refractivity contribution in [1.82, 2.24) is 24.5 Å². The smallest absolute Gasteiger partial charge is 0.321 e. The molecule has 2 N–H and O–H groups in total. The minimum Gasteiger partial charge on any atom is -0.354 e. The molecule has 2 aliphatic rings. The fraction of sp³-hybridized carbons (Fsp3) is 0. The molecule has 0 saturated carbocycles. The van der Waals surface area contributed by atoms with Gasteiger partial charge in [0.15, 0.2) is 11.4 Å². The van der Waals surface area contributed by atoms with Crippen LogP contribution in [0.3, 0.4) is 0 Å². The standard InChI is InChI=1S/C48H32N6O2/c55-54(56)48-46-44(34-21-11-4-12-22-34)40-28-26-38(51-40)42(32-17-7-2-8-18-32)36-24-23-35(49-36)41(31-15-5-1-6-16-31)37-25-27-39(50-37)43(33-19-9-3-10-20-33)45(52-46)47(48)53-29-13-14-30-53/h1-30,50-51H. The van der Waals surface area contributed by atoms with Crippen molar-refractivity contribution in [2.45, 2.75) is 0 Å². The van der Waals surface area contributed by atoms with Gasteiger partial charge in [-0.15, -0.1) is 0 Å². The number of aromatic nitrogens is 5. The molecular weight excluding hydrogens is 693 g/mol. The SMILES string of the molecule is O=[N+]([O-])C1=C(n2cccc2)c2nc1c(-c1ccccc1)c1ccc([nH]1)c(-c1ccccc1)c1nc(c(-c3ccccc3)c3ccc([nH]3)c2-c2ccccc2)C=C1. The van der Waals surface area contributed by atoms with Crippen LogP contribution in [0.2, 0.25) is 0 Å². The largest absolute Gasteiger partial charge is 0.354 e. The fourth-order valence-corrected chi connectivity index (χ4v) is 7.85. The van der Waals surface area contributed by atoms with Gasteiger partial charge in [-0.1, -0.05) is 121 Å². The van der Waals surface area contributed by atoms with E-state index in [0.29, 0.717) is 22.5 Å². The van der Waals surface area contributed by atoms with Gasteiger partial charge in [-0.05, 0) is 70.8 Å². The quantitative estimate of drug-likeness (QED) is 0.131. The van der Waals surface area contributed by atoms with Crippen LogP contribution in [0, 0.1) is 10.1 Å². The zero-order valence-electron chi connectivity index (χ0n) is 29.9. The van der Waals surface area contributed by atoms with E-state index in [-0.39, 0.29) is 16.3 Å². The number of aromatic amines is 2. The number of fused-ring (bicyclic) bond motifs is 8. The van der Waals surface area contributed by atoms with Crippen molar-refractivity contribution in [3.8, 4) is 44.5 Å². The molecule has 4 aromatic carbocycles. The summed E-state index contributed by atoms with van der Waals surface area (Å²) >= 11 is 0. The number of rotatable bonds is 6. The second-order valence-electron chi connectivity index (χ2n) is 13.6. The summed E-state index contributed by atoms with van der Waals surface area (Å²) in [7, 11) is 0. The van der Waals surface area contributed by atoms with Crippen LogP contribution in [0.5, 0.6) is 0 Å². The van der Waals surface area contributed by atoms with E-state index in [0.717, 1.165) is 66.9 Å². The van der Waals surface area contributed by atoms with Crippen molar-refractivity contribution >= 4 is 45.6 Å². The number of nitrogens with zero attached hydrogens (tertiary/aromatic N) is 4. The van der Waals surface area contributed by atoms with E-state index < -0.39 is 0 Å². The molecule has 4 aromatic heterocycles. The van der Waals surface area contributed by atoms with Crippen LogP contribution in [-0.4, -0.2) is 29.4 Å². The van der Waals surface area contributed by atoms with Crippen molar-refractivity contribution in [2.75, 3.05) is 0 Å². The number of hydrogen-bond acceptors (Lipinski definition) is 4. The highest BCUT2D eigenvalue weighted by Crippen LogP contribution is 2.44. The molecule has 2 aliphatic heterocycles. The Hall–Kier alpha value is -7.84. The molecule has 0 aliphatic carbocycles. The summed E-state index contributed by atoms with van der Waals surface area (Å²) in [5.41, 5.74) is 12.5. The van der Waals surface area contributed by atoms with Crippen LogP contribution in [0.4, 0.5) is 0 Å². The second kappa shape index (κ2) is 13.5. The minimum absolute atomic E-state index is 0.0959. The topological polar surface area (TPSA) is 105 Å². The van der Waals surface area contributed by atoms with Crippen molar-refractivity contribution in [3.05, 3.63) is 203 Å². The molecule has 0 atom stereocenters. The van der Waals surface area contributed by atoms with Crippen molar-refractivity contribution in [2.24, 2.45) is 0 Å². The lowest BCUT2D eigenvalue weighted by molar-refractivity contribution is -0.374. The number of hydrogen-bond donors (Lipinski definition) is 2. The normalized spacial score (nSPS) is 12.3. The Kier molecular flexibility index (Phi) is 7.92. The maximum atomic E-state index is 13.6. The molecule has 266 valence electrons. The predicted octanol–water partition coefficient (Wildman–Crippen LogP) is 11.6. The van der Waals surface area contributed by atoms with E-state index in [1.165, 1.54) is 0 Å². The Labute approximate surface area is 321 Å². The van der Waals surface area contributed by atoms with E-state index >= 15 is 0 Å². The van der Waals surface area contributed by atoms with Gasteiger partial charge in [-0.3, -0.25) is 10.1 Å². The monoisotopic (exact) mass is 724 g/mol. The molecule has 10 rings (SSSR count). The van der Waals surface area contributed by atoms with Gasteiger partial charge in [-0.2, -0.15) is 0 Å². The molecule has 0 saturated heterocycles. The Morgan fingerprint density at radius 1 is 0.446 bits per heavy atom. The Balaban J connectivity index is 1.48. The van der Waals surface area contributed by atoms with Gasteiger partial charge < -0.3 is 14.5 Å². The highest BCUT2D eigenvalue weighted by atomic mass is 16.6. The second-order valence-corrected chi connectivity index (χ2v) is 13.6. The third-order valence-corrected chi connectivity index (χ3v) is 10.3. The molecule has 56 heavy (non-hydrogen) atoms. The van der Waals surface area contributed by atoms with E-state index in [4.69, 9.17) is 9.97 Å². The lowest BCUT2D eigenvalue weighted by atomic mass is 10.0. The third-order valence-electron chi connectivity index (χ3n) is 10.3.